The van der Waals surface area contributed by atoms with Crippen LogP contribution >= 0.6 is 0 Å². The molecule has 3 rings (SSSR count). The van der Waals surface area contributed by atoms with Gasteiger partial charge in [0.05, 0.1) is 0 Å². The lowest BCUT2D eigenvalue weighted by atomic mass is 10.1. The SMILES string of the molecule is Cn1nc2cccc(S(=O)(=O)N3CCCC(N)C3)c2n1. The first-order chi connectivity index (χ1) is 9.48. The first-order valence-corrected chi connectivity index (χ1v) is 7.98. The van der Waals surface area contributed by atoms with Gasteiger partial charge in [0.15, 0.2) is 0 Å². The summed E-state index contributed by atoms with van der Waals surface area (Å²) in [6, 6.07) is 4.92. The van der Waals surface area contributed by atoms with E-state index in [1.54, 1.807) is 25.2 Å². The van der Waals surface area contributed by atoms with E-state index in [1.807, 2.05) is 0 Å². The first-order valence-electron chi connectivity index (χ1n) is 6.54. The molecule has 1 aromatic heterocycles. The highest BCUT2D eigenvalue weighted by Gasteiger charge is 2.31. The van der Waals surface area contributed by atoms with Gasteiger partial charge in [0.1, 0.15) is 15.9 Å². The van der Waals surface area contributed by atoms with Gasteiger partial charge in [-0.1, -0.05) is 6.07 Å². The Morgan fingerprint density at radius 2 is 2.15 bits per heavy atom. The Morgan fingerprint density at radius 3 is 2.90 bits per heavy atom. The molecule has 0 bridgehead atoms. The zero-order valence-electron chi connectivity index (χ0n) is 11.2. The van der Waals surface area contributed by atoms with Crippen LogP contribution in [0.15, 0.2) is 23.1 Å². The topological polar surface area (TPSA) is 94.1 Å². The zero-order chi connectivity index (χ0) is 14.3. The van der Waals surface area contributed by atoms with Gasteiger partial charge >= 0.3 is 0 Å². The van der Waals surface area contributed by atoms with Crippen molar-refractivity contribution in [1.82, 2.24) is 19.3 Å². The van der Waals surface area contributed by atoms with Crippen molar-refractivity contribution in [3.63, 3.8) is 0 Å². The van der Waals surface area contributed by atoms with Crippen molar-refractivity contribution in [2.75, 3.05) is 13.1 Å². The second-order valence-corrected chi connectivity index (χ2v) is 6.99. The van der Waals surface area contributed by atoms with Gasteiger partial charge in [0, 0.05) is 26.2 Å². The van der Waals surface area contributed by atoms with Gasteiger partial charge in [0.25, 0.3) is 0 Å². The van der Waals surface area contributed by atoms with Gasteiger partial charge in [-0.15, -0.1) is 0 Å². The largest absolute Gasteiger partial charge is 0.327 e. The lowest BCUT2D eigenvalue weighted by Crippen LogP contribution is -2.45. The molecule has 0 spiro atoms. The smallest absolute Gasteiger partial charge is 0.245 e. The van der Waals surface area contributed by atoms with E-state index in [9.17, 15) is 8.42 Å². The Balaban J connectivity index is 2.09. The molecule has 1 atom stereocenters. The Kier molecular flexibility index (Phi) is 3.23. The van der Waals surface area contributed by atoms with E-state index in [0.29, 0.717) is 24.1 Å². The van der Waals surface area contributed by atoms with E-state index in [0.717, 1.165) is 12.8 Å². The lowest BCUT2D eigenvalue weighted by molar-refractivity contribution is 0.316. The summed E-state index contributed by atoms with van der Waals surface area (Å²) < 4.78 is 26.9. The molecule has 1 aliphatic heterocycles. The highest BCUT2D eigenvalue weighted by Crippen LogP contribution is 2.25. The first kappa shape index (κ1) is 13.5. The van der Waals surface area contributed by atoms with Crippen LogP contribution in [0, 0.1) is 0 Å². The molecule has 2 N–H and O–H groups in total. The molecule has 1 unspecified atom stereocenters. The quantitative estimate of drug-likeness (QED) is 0.846. The minimum Gasteiger partial charge on any atom is -0.327 e. The Labute approximate surface area is 117 Å². The second-order valence-electron chi connectivity index (χ2n) is 5.08. The maximum Gasteiger partial charge on any atom is 0.245 e. The van der Waals surface area contributed by atoms with E-state index >= 15 is 0 Å². The number of nitrogens with two attached hydrogens (primary N) is 1. The number of fused-ring (bicyclic) bond motifs is 1. The zero-order valence-corrected chi connectivity index (χ0v) is 12.0. The number of aryl methyl sites for hydroxylation is 1. The van der Waals surface area contributed by atoms with Crippen LogP contribution in [0.25, 0.3) is 11.0 Å². The monoisotopic (exact) mass is 295 g/mol. The van der Waals surface area contributed by atoms with Crippen LogP contribution in [0.1, 0.15) is 12.8 Å². The summed E-state index contributed by atoms with van der Waals surface area (Å²) in [4.78, 5) is 1.59. The molecule has 7 nitrogen and oxygen atoms in total. The number of sulfonamides is 1. The van der Waals surface area contributed by atoms with Crippen molar-refractivity contribution in [1.29, 1.82) is 0 Å². The summed E-state index contributed by atoms with van der Waals surface area (Å²) >= 11 is 0. The summed E-state index contributed by atoms with van der Waals surface area (Å²) in [6.45, 7) is 0.867. The predicted molar refractivity (Wildman–Crippen MR) is 74.5 cm³/mol. The second kappa shape index (κ2) is 4.80. The van der Waals surface area contributed by atoms with Crippen molar-refractivity contribution in [3.05, 3.63) is 18.2 Å². The molecule has 108 valence electrons. The fourth-order valence-electron chi connectivity index (χ4n) is 2.55. The third-order valence-corrected chi connectivity index (χ3v) is 5.41. The van der Waals surface area contributed by atoms with Crippen molar-refractivity contribution >= 4 is 21.1 Å². The molecule has 20 heavy (non-hydrogen) atoms. The van der Waals surface area contributed by atoms with Crippen LogP contribution in [0.2, 0.25) is 0 Å². The average Bonchev–Trinajstić information content (AvgIpc) is 2.78. The average molecular weight is 295 g/mol. The minimum absolute atomic E-state index is 0.0976. The van der Waals surface area contributed by atoms with Gasteiger partial charge in [-0.2, -0.15) is 19.3 Å². The molecule has 1 aliphatic rings. The van der Waals surface area contributed by atoms with Crippen molar-refractivity contribution < 1.29 is 8.42 Å². The molecular formula is C12H17N5O2S. The Hall–Kier alpha value is -1.51. The highest BCUT2D eigenvalue weighted by atomic mass is 32.2. The lowest BCUT2D eigenvalue weighted by Gasteiger charge is -2.29. The van der Waals surface area contributed by atoms with Crippen LogP contribution in [-0.2, 0) is 17.1 Å². The van der Waals surface area contributed by atoms with Crippen molar-refractivity contribution in [2.45, 2.75) is 23.8 Å². The molecule has 2 heterocycles. The summed E-state index contributed by atoms with van der Waals surface area (Å²) in [5.74, 6) is 0. The molecule has 1 aromatic carbocycles. The van der Waals surface area contributed by atoms with E-state index in [1.165, 1.54) is 9.10 Å². The molecule has 0 radical (unpaired) electrons. The maximum atomic E-state index is 12.7. The summed E-state index contributed by atoms with van der Waals surface area (Å²) in [6.07, 6.45) is 1.65. The fourth-order valence-corrected chi connectivity index (χ4v) is 4.23. The normalized spacial score (nSPS) is 21.4. The number of hydrogen-bond donors (Lipinski definition) is 1. The predicted octanol–water partition coefficient (Wildman–Crippen LogP) is 0.0801. The van der Waals surface area contributed by atoms with E-state index in [-0.39, 0.29) is 10.9 Å². The molecule has 2 aromatic rings. The number of hydrogen-bond acceptors (Lipinski definition) is 5. The molecule has 8 heteroatoms. The number of rotatable bonds is 2. The van der Waals surface area contributed by atoms with E-state index < -0.39 is 10.0 Å². The fraction of sp³-hybridized carbons (Fsp3) is 0.500. The van der Waals surface area contributed by atoms with Gasteiger partial charge in [-0.05, 0) is 25.0 Å². The Bertz CT molecular complexity index is 739. The molecule has 1 saturated heterocycles. The van der Waals surface area contributed by atoms with Crippen molar-refractivity contribution in [2.24, 2.45) is 12.8 Å². The summed E-state index contributed by atoms with van der Waals surface area (Å²) in [7, 11) is -1.90. The number of aromatic nitrogens is 3. The Morgan fingerprint density at radius 1 is 1.35 bits per heavy atom. The van der Waals surface area contributed by atoms with Crippen LogP contribution in [0.5, 0.6) is 0 Å². The van der Waals surface area contributed by atoms with Crippen LogP contribution in [0.3, 0.4) is 0 Å². The molecule has 0 saturated carbocycles. The summed E-state index contributed by atoms with van der Waals surface area (Å²) in [5, 5.41) is 8.31. The van der Waals surface area contributed by atoms with Crippen LogP contribution in [0.4, 0.5) is 0 Å². The molecule has 1 fully saturated rings. The van der Waals surface area contributed by atoms with Gasteiger partial charge < -0.3 is 5.73 Å². The van der Waals surface area contributed by atoms with Crippen LogP contribution in [-0.4, -0.2) is 46.8 Å². The van der Waals surface area contributed by atoms with Crippen LogP contribution < -0.4 is 5.73 Å². The third-order valence-electron chi connectivity index (χ3n) is 3.51. The van der Waals surface area contributed by atoms with Gasteiger partial charge in [-0.3, -0.25) is 0 Å². The van der Waals surface area contributed by atoms with Gasteiger partial charge in [0.2, 0.25) is 10.0 Å². The summed E-state index contributed by atoms with van der Waals surface area (Å²) in [5.41, 5.74) is 6.87. The van der Waals surface area contributed by atoms with Crippen molar-refractivity contribution in [3.8, 4) is 0 Å². The highest BCUT2D eigenvalue weighted by molar-refractivity contribution is 7.89. The standard InChI is InChI=1S/C12H17N5O2S/c1-16-14-10-5-2-6-11(12(10)15-16)20(18,19)17-7-3-4-9(13)8-17/h2,5-6,9H,3-4,7-8,13H2,1H3. The molecule has 0 aliphatic carbocycles. The maximum absolute atomic E-state index is 12.7. The third kappa shape index (κ3) is 2.19. The number of benzene rings is 1. The van der Waals surface area contributed by atoms with Gasteiger partial charge in [-0.25, -0.2) is 8.42 Å². The number of piperidine rings is 1. The molecule has 0 amide bonds. The number of nitrogens with zero attached hydrogens (tertiary/aromatic N) is 4. The molecular weight excluding hydrogens is 278 g/mol. The minimum atomic E-state index is -3.57. The van der Waals surface area contributed by atoms with E-state index in [2.05, 4.69) is 10.2 Å². The van der Waals surface area contributed by atoms with E-state index in [4.69, 9.17) is 5.73 Å².